The first-order chi connectivity index (χ1) is 10.2. The molecule has 0 saturated carbocycles. The predicted molar refractivity (Wildman–Crippen MR) is 78.3 cm³/mol. The number of carbonyl (C=O) groups is 2. The second kappa shape index (κ2) is 7.87. The Hall–Kier alpha value is -1.98. The molecule has 0 aliphatic carbocycles. The summed E-state index contributed by atoms with van der Waals surface area (Å²) in [5.41, 5.74) is -0.238. The van der Waals surface area contributed by atoms with E-state index in [9.17, 15) is 18.4 Å². The summed E-state index contributed by atoms with van der Waals surface area (Å²) in [4.78, 5) is 22.5. The molecule has 0 saturated heterocycles. The minimum Gasteiger partial charge on any atom is -0.481 e. The average Bonchev–Trinajstić information content (AvgIpc) is 2.42. The van der Waals surface area contributed by atoms with Crippen LogP contribution < -0.4 is 5.32 Å². The van der Waals surface area contributed by atoms with Crippen molar-refractivity contribution in [2.24, 2.45) is 5.41 Å². The van der Waals surface area contributed by atoms with Gasteiger partial charge in [-0.2, -0.15) is 0 Å². The van der Waals surface area contributed by atoms with Gasteiger partial charge in [-0.25, -0.2) is 8.78 Å². The number of amides is 1. The summed E-state index contributed by atoms with van der Waals surface area (Å²) in [5, 5.41) is 11.6. The van der Waals surface area contributed by atoms with E-state index in [1.807, 2.05) is 0 Å². The van der Waals surface area contributed by atoms with E-state index < -0.39 is 23.0 Å². The second-order valence-corrected chi connectivity index (χ2v) is 5.89. The van der Waals surface area contributed by atoms with Gasteiger partial charge in [-0.15, -0.1) is 0 Å². The van der Waals surface area contributed by atoms with Crippen molar-refractivity contribution in [3.63, 3.8) is 0 Å². The van der Waals surface area contributed by atoms with E-state index in [0.717, 1.165) is 12.1 Å². The van der Waals surface area contributed by atoms with Crippen molar-refractivity contribution in [3.05, 3.63) is 35.4 Å². The summed E-state index contributed by atoms with van der Waals surface area (Å²) in [6.45, 7) is 3.50. The molecule has 4 nitrogen and oxygen atoms in total. The maximum absolute atomic E-state index is 13.0. The third-order valence-corrected chi connectivity index (χ3v) is 3.50. The van der Waals surface area contributed by atoms with Crippen LogP contribution in [0.1, 0.15) is 38.7 Å². The number of aryl methyl sites for hydroxylation is 1. The molecule has 2 N–H and O–H groups in total. The van der Waals surface area contributed by atoms with Crippen molar-refractivity contribution >= 4 is 11.9 Å². The van der Waals surface area contributed by atoms with Crippen LogP contribution in [0.15, 0.2) is 18.2 Å². The van der Waals surface area contributed by atoms with E-state index in [1.54, 1.807) is 13.8 Å². The standard InChI is InChI=1S/C16H21F2NO3/c1-16(2,15(21)22)8-9-19-14(20)5-3-4-11-6-7-12(17)13(18)10-11/h6-7,10H,3-5,8-9H2,1-2H3,(H,19,20)(H,21,22). The molecule has 122 valence electrons. The number of carboxylic acid groups (broad SMARTS) is 1. The van der Waals surface area contributed by atoms with E-state index in [2.05, 4.69) is 5.32 Å². The van der Waals surface area contributed by atoms with Crippen LogP contribution >= 0.6 is 0 Å². The lowest BCUT2D eigenvalue weighted by atomic mass is 9.90. The number of nitrogens with one attached hydrogen (secondary N) is 1. The molecule has 6 heteroatoms. The van der Waals surface area contributed by atoms with Gasteiger partial charge >= 0.3 is 5.97 Å². The molecule has 22 heavy (non-hydrogen) atoms. The fourth-order valence-electron chi connectivity index (χ4n) is 1.86. The fraction of sp³-hybridized carbons (Fsp3) is 0.500. The summed E-state index contributed by atoms with van der Waals surface area (Å²) in [6.07, 6.45) is 1.59. The van der Waals surface area contributed by atoms with Gasteiger partial charge in [-0.3, -0.25) is 9.59 Å². The normalized spacial score (nSPS) is 11.3. The van der Waals surface area contributed by atoms with Gasteiger partial charge in [-0.05, 0) is 50.8 Å². The molecule has 0 aliphatic rings. The molecular formula is C16H21F2NO3. The topological polar surface area (TPSA) is 66.4 Å². The summed E-state index contributed by atoms with van der Waals surface area (Å²) >= 11 is 0. The van der Waals surface area contributed by atoms with Gasteiger partial charge < -0.3 is 10.4 Å². The minimum absolute atomic E-state index is 0.177. The SMILES string of the molecule is CC(C)(CCNC(=O)CCCc1ccc(F)c(F)c1)C(=O)O. The molecule has 0 bridgehead atoms. The van der Waals surface area contributed by atoms with Gasteiger partial charge in [0, 0.05) is 13.0 Å². The maximum atomic E-state index is 13.0. The molecule has 0 aromatic heterocycles. The van der Waals surface area contributed by atoms with Crippen LogP contribution in [0.2, 0.25) is 0 Å². The Morgan fingerprint density at radius 2 is 1.91 bits per heavy atom. The molecule has 1 aromatic rings. The van der Waals surface area contributed by atoms with Gasteiger partial charge in [0.2, 0.25) is 5.91 Å². The third-order valence-electron chi connectivity index (χ3n) is 3.50. The van der Waals surface area contributed by atoms with Gasteiger partial charge in [-0.1, -0.05) is 6.07 Å². The smallest absolute Gasteiger partial charge is 0.309 e. The molecule has 1 amide bonds. The molecule has 0 aliphatic heterocycles. The van der Waals surface area contributed by atoms with Crippen LogP contribution in [0.3, 0.4) is 0 Å². The summed E-state index contributed by atoms with van der Waals surface area (Å²) in [7, 11) is 0. The molecule has 0 heterocycles. The third kappa shape index (κ3) is 5.79. The van der Waals surface area contributed by atoms with Crippen molar-refractivity contribution in [3.8, 4) is 0 Å². The number of carboxylic acids is 1. The number of rotatable bonds is 8. The van der Waals surface area contributed by atoms with E-state index in [4.69, 9.17) is 5.11 Å². The van der Waals surface area contributed by atoms with Gasteiger partial charge in [0.05, 0.1) is 5.41 Å². The molecule has 0 radical (unpaired) electrons. The van der Waals surface area contributed by atoms with E-state index in [-0.39, 0.29) is 12.3 Å². The van der Waals surface area contributed by atoms with E-state index in [0.29, 0.717) is 31.4 Å². The zero-order valence-corrected chi connectivity index (χ0v) is 12.8. The maximum Gasteiger partial charge on any atom is 0.309 e. The fourth-order valence-corrected chi connectivity index (χ4v) is 1.86. The van der Waals surface area contributed by atoms with Crippen LogP contribution in [-0.4, -0.2) is 23.5 Å². The zero-order chi connectivity index (χ0) is 16.8. The molecule has 0 atom stereocenters. The lowest BCUT2D eigenvalue weighted by Crippen LogP contribution is -2.31. The average molecular weight is 313 g/mol. The lowest BCUT2D eigenvalue weighted by Gasteiger charge is -2.18. The first-order valence-corrected chi connectivity index (χ1v) is 7.16. The van der Waals surface area contributed by atoms with E-state index in [1.165, 1.54) is 6.07 Å². The Morgan fingerprint density at radius 3 is 2.50 bits per heavy atom. The lowest BCUT2D eigenvalue weighted by molar-refractivity contribution is -0.147. The largest absolute Gasteiger partial charge is 0.481 e. The number of aliphatic carboxylic acids is 1. The highest BCUT2D eigenvalue weighted by atomic mass is 19.2. The first-order valence-electron chi connectivity index (χ1n) is 7.16. The monoisotopic (exact) mass is 313 g/mol. The number of hydrogen-bond donors (Lipinski definition) is 2. The van der Waals surface area contributed by atoms with Crippen molar-refractivity contribution in [1.82, 2.24) is 5.32 Å². The molecule has 0 fully saturated rings. The number of hydrogen-bond acceptors (Lipinski definition) is 2. The Bertz CT molecular complexity index is 544. The van der Waals surface area contributed by atoms with E-state index >= 15 is 0 Å². The van der Waals surface area contributed by atoms with Crippen molar-refractivity contribution in [2.45, 2.75) is 39.5 Å². The molecule has 1 aromatic carbocycles. The van der Waals surface area contributed by atoms with Crippen LogP contribution in [0.25, 0.3) is 0 Å². The highest BCUT2D eigenvalue weighted by molar-refractivity contribution is 5.76. The Balaban J connectivity index is 2.26. The summed E-state index contributed by atoms with van der Waals surface area (Å²) < 4.78 is 25.8. The Morgan fingerprint density at radius 1 is 1.23 bits per heavy atom. The Kier molecular flexibility index (Phi) is 6.46. The van der Waals surface area contributed by atoms with Gasteiger partial charge in [0.15, 0.2) is 11.6 Å². The number of halogens is 2. The Labute approximate surface area is 128 Å². The molecule has 1 rings (SSSR count). The van der Waals surface area contributed by atoms with Crippen molar-refractivity contribution < 1.29 is 23.5 Å². The minimum atomic E-state index is -0.903. The van der Waals surface area contributed by atoms with Gasteiger partial charge in [0.1, 0.15) is 0 Å². The van der Waals surface area contributed by atoms with Gasteiger partial charge in [0.25, 0.3) is 0 Å². The van der Waals surface area contributed by atoms with Crippen molar-refractivity contribution in [2.75, 3.05) is 6.54 Å². The summed E-state index contributed by atoms with van der Waals surface area (Å²) in [6, 6.07) is 3.69. The quantitative estimate of drug-likeness (QED) is 0.775. The first kappa shape index (κ1) is 18.1. The van der Waals surface area contributed by atoms with Crippen LogP contribution in [-0.2, 0) is 16.0 Å². The van der Waals surface area contributed by atoms with Crippen LogP contribution in [0.4, 0.5) is 8.78 Å². The molecule has 0 unspecified atom stereocenters. The predicted octanol–water partition coefficient (Wildman–Crippen LogP) is 2.90. The number of benzene rings is 1. The highest BCUT2D eigenvalue weighted by Crippen LogP contribution is 2.19. The van der Waals surface area contributed by atoms with Crippen LogP contribution in [0.5, 0.6) is 0 Å². The summed E-state index contributed by atoms with van der Waals surface area (Å²) in [5.74, 6) is -2.86. The number of carbonyl (C=O) groups excluding carboxylic acids is 1. The van der Waals surface area contributed by atoms with Crippen molar-refractivity contribution in [1.29, 1.82) is 0 Å². The molecular weight excluding hydrogens is 292 g/mol. The second-order valence-electron chi connectivity index (χ2n) is 5.89. The van der Waals surface area contributed by atoms with Crippen LogP contribution in [0, 0.1) is 17.0 Å². The highest BCUT2D eigenvalue weighted by Gasteiger charge is 2.26. The zero-order valence-electron chi connectivity index (χ0n) is 12.8. The molecule has 0 spiro atoms.